The van der Waals surface area contributed by atoms with Crippen molar-refractivity contribution in [1.82, 2.24) is 10.3 Å². The molecule has 2 aromatic carbocycles. The molecule has 4 heteroatoms. The van der Waals surface area contributed by atoms with Gasteiger partial charge in [0.05, 0.1) is 11.7 Å². The largest absolute Gasteiger partial charge is 0.343 e. The summed E-state index contributed by atoms with van der Waals surface area (Å²) in [4.78, 5) is 17.0. The molecule has 1 aromatic heterocycles. The number of hydrogen-bond donors (Lipinski definition) is 1. The number of aryl methyl sites for hydroxylation is 1. The van der Waals surface area contributed by atoms with Gasteiger partial charge >= 0.3 is 0 Å². The lowest BCUT2D eigenvalue weighted by molar-refractivity contribution is 0.0935. The van der Waals surface area contributed by atoms with E-state index in [0.29, 0.717) is 17.0 Å². The molecule has 1 amide bonds. The van der Waals surface area contributed by atoms with Crippen LogP contribution >= 0.6 is 11.6 Å². The van der Waals surface area contributed by atoms with Crippen molar-refractivity contribution in [3.05, 3.63) is 100 Å². The van der Waals surface area contributed by atoms with Gasteiger partial charge in [0, 0.05) is 16.8 Å². The molecule has 0 aliphatic carbocycles. The number of nitrogens with zero attached hydrogens (tertiary/aromatic N) is 1. The molecular formula is C21H19ClN2O. The predicted molar refractivity (Wildman–Crippen MR) is 101 cm³/mol. The van der Waals surface area contributed by atoms with E-state index in [9.17, 15) is 4.79 Å². The van der Waals surface area contributed by atoms with E-state index in [4.69, 9.17) is 11.6 Å². The third-order valence-corrected chi connectivity index (χ3v) is 4.27. The van der Waals surface area contributed by atoms with Crippen LogP contribution in [-0.4, -0.2) is 10.9 Å². The van der Waals surface area contributed by atoms with Crippen molar-refractivity contribution in [3.8, 4) is 0 Å². The number of pyridine rings is 1. The van der Waals surface area contributed by atoms with Crippen LogP contribution in [0.25, 0.3) is 0 Å². The molecule has 0 spiro atoms. The number of carbonyl (C=O) groups is 1. The predicted octanol–water partition coefficient (Wildman–Crippen LogP) is 4.76. The molecule has 0 bridgehead atoms. The first-order chi connectivity index (χ1) is 12.1. The van der Waals surface area contributed by atoms with Gasteiger partial charge in [-0.25, -0.2) is 0 Å². The Morgan fingerprint density at radius 2 is 1.76 bits per heavy atom. The van der Waals surface area contributed by atoms with E-state index in [1.165, 1.54) is 0 Å². The van der Waals surface area contributed by atoms with Crippen LogP contribution in [0.15, 0.2) is 72.9 Å². The first-order valence-electron chi connectivity index (χ1n) is 8.15. The Labute approximate surface area is 152 Å². The lowest BCUT2D eigenvalue weighted by Gasteiger charge is -2.19. The van der Waals surface area contributed by atoms with Crippen LogP contribution in [0.3, 0.4) is 0 Å². The van der Waals surface area contributed by atoms with Gasteiger partial charge in [0.25, 0.3) is 5.91 Å². The first-order valence-corrected chi connectivity index (χ1v) is 8.52. The zero-order valence-electron chi connectivity index (χ0n) is 13.9. The number of aromatic nitrogens is 1. The maximum Gasteiger partial charge on any atom is 0.251 e. The molecule has 0 saturated carbocycles. The molecule has 1 heterocycles. The average Bonchev–Trinajstić information content (AvgIpc) is 2.64. The molecule has 1 atom stereocenters. The summed E-state index contributed by atoms with van der Waals surface area (Å²) in [6, 6.07) is 20.7. The minimum absolute atomic E-state index is 0.107. The third-order valence-electron chi connectivity index (χ3n) is 4.02. The molecule has 3 aromatic rings. The van der Waals surface area contributed by atoms with Gasteiger partial charge in [-0.2, -0.15) is 0 Å². The Bertz CT molecular complexity index is 830. The Morgan fingerprint density at radius 3 is 2.40 bits per heavy atom. The van der Waals surface area contributed by atoms with Crippen molar-refractivity contribution in [2.24, 2.45) is 0 Å². The maximum absolute atomic E-state index is 12.6. The topological polar surface area (TPSA) is 42.0 Å². The monoisotopic (exact) mass is 350 g/mol. The minimum Gasteiger partial charge on any atom is -0.343 e. The van der Waals surface area contributed by atoms with E-state index < -0.39 is 0 Å². The summed E-state index contributed by atoms with van der Waals surface area (Å²) < 4.78 is 0. The van der Waals surface area contributed by atoms with Gasteiger partial charge in [0.1, 0.15) is 0 Å². The Kier molecular flexibility index (Phi) is 5.46. The smallest absolute Gasteiger partial charge is 0.251 e. The number of nitrogens with one attached hydrogen (secondary N) is 1. The number of hydrogen-bond acceptors (Lipinski definition) is 2. The van der Waals surface area contributed by atoms with Gasteiger partial charge in [-0.3, -0.25) is 9.78 Å². The normalized spacial score (nSPS) is 11.8. The Hall–Kier alpha value is -2.65. The molecule has 3 nitrogen and oxygen atoms in total. The second-order valence-electron chi connectivity index (χ2n) is 5.98. The molecule has 0 unspecified atom stereocenters. The van der Waals surface area contributed by atoms with Crippen LogP contribution in [0.1, 0.15) is 33.2 Å². The highest BCUT2D eigenvalue weighted by Gasteiger charge is 2.17. The fourth-order valence-electron chi connectivity index (χ4n) is 2.61. The summed E-state index contributed by atoms with van der Waals surface area (Å²) in [5.41, 5.74) is 3.68. The van der Waals surface area contributed by atoms with Crippen molar-refractivity contribution in [2.45, 2.75) is 19.4 Å². The Balaban J connectivity index is 1.82. The molecule has 0 aliphatic rings. The molecule has 0 saturated heterocycles. The van der Waals surface area contributed by atoms with Crippen LogP contribution < -0.4 is 5.32 Å². The molecule has 3 rings (SSSR count). The van der Waals surface area contributed by atoms with Gasteiger partial charge in [0.2, 0.25) is 0 Å². The van der Waals surface area contributed by atoms with Crippen molar-refractivity contribution < 1.29 is 4.79 Å². The van der Waals surface area contributed by atoms with Gasteiger partial charge < -0.3 is 5.32 Å². The summed E-state index contributed by atoms with van der Waals surface area (Å²) in [6.07, 6.45) is 2.38. The molecule has 0 aliphatic heterocycles. The van der Waals surface area contributed by atoms with E-state index in [0.717, 1.165) is 16.8 Å². The quantitative estimate of drug-likeness (QED) is 0.721. The maximum atomic E-state index is 12.6. The highest BCUT2D eigenvalue weighted by atomic mass is 35.5. The van der Waals surface area contributed by atoms with Crippen molar-refractivity contribution in [3.63, 3.8) is 0 Å². The summed E-state index contributed by atoms with van der Waals surface area (Å²) in [5.74, 6) is -0.107. The van der Waals surface area contributed by atoms with E-state index in [1.807, 2.05) is 73.7 Å². The van der Waals surface area contributed by atoms with E-state index in [2.05, 4.69) is 10.3 Å². The minimum atomic E-state index is -0.212. The Morgan fingerprint density at radius 1 is 1.04 bits per heavy atom. The van der Waals surface area contributed by atoms with Gasteiger partial charge in [-0.1, -0.05) is 47.5 Å². The van der Waals surface area contributed by atoms with Gasteiger partial charge in [0.15, 0.2) is 0 Å². The number of benzene rings is 2. The lowest BCUT2D eigenvalue weighted by atomic mass is 10.0. The highest BCUT2D eigenvalue weighted by Crippen LogP contribution is 2.19. The van der Waals surface area contributed by atoms with Crippen molar-refractivity contribution in [1.29, 1.82) is 0 Å². The number of carbonyl (C=O) groups excluding carboxylic acids is 1. The molecule has 1 N–H and O–H groups in total. The number of amides is 1. The number of rotatable bonds is 5. The van der Waals surface area contributed by atoms with Crippen LogP contribution in [-0.2, 0) is 6.42 Å². The molecule has 25 heavy (non-hydrogen) atoms. The van der Waals surface area contributed by atoms with Gasteiger partial charge in [-0.05, 0) is 55.3 Å². The van der Waals surface area contributed by atoms with Crippen LogP contribution in [0.2, 0.25) is 5.02 Å². The molecule has 126 valence electrons. The SMILES string of the molecule is Cc1ccc(C(=O)N[C@H](Cc2ccc(Cl)cc2)c2ccccn2)cc1. The summed E-state index contributed by atoms with van der Waals surface area (Å²) in [6.45, 7) is 2.00. The van der Waals surface area contributed by atoms with Gasteiger partial charge in [-0.15, -0.1) is 0 Å². The first kappa shape index (κ1) is 17.2. The van der Waals surface area contributed by atoms with E-state index >= 15 is 0 Å². The molecule has 0 fully saturated rings. The highest BCUT2D eigenvalue weighted by molar-refractivity contribution is 6.30. The molecular weight excluding hydrogens is 332 g/mol. The fraction of sp³-hybridized carbons (Fsp3) is 0.143. The summed E-state index contributed by atoms with van der Waals surface area (Å²) in [5, 5.41) is 3.79. The van der Waals surface area contributed by atoms with Crippen molar-refractivity contribution in [2.75, 3.05) is 0 Å². The van der Waals surface area contributed by atoms with E-state index in [1.54, 1.807) is 6.20 Å². The average molecular weight is 351 g/mol. The van der Waals surface area contributed by atoms with Crippen molar-refractivity contribution >= 4 is 17.5 Å². The van der Waals surface area contributed by atoms with Crippen LogP contribution in [0, 0.1) is 6.92 Å². The van der Waals surface area contributed by atoms with E-state index in [-0.39, 0.29) is 11.9 Å². The zero-order valence-corrected chi connectivity index (χ0v) is 14.7. The summed E-state index contributed by atoms with van der Waals surface area (Å²) >= 11 is 5.96. The standard InChI is InChI=1S/C21H19ClN2O/c1-15-5-9-17(10-6-15)21(25)24-20(19-4-2-3-13-23-19)14-16-7-11-18(22)12-8-16/h2-13,20H,14H2,1H3,(H,24,25)/t20-/m1/s1. The lowest BCUT2D eigenvalue weighted by Crippen LogP contribution is -2.30. The fourth-order valence-corrected chi connectivity index (χ4v) is 2.74. The zero-order chi connectivity index (χ0) is 17.6. The molecule has 0 radical (unpaired) electrons. The van der Waals surface area contributed by atoms with Crippen LogP contribution in [0.4, 0.5) is 0 Å². The number of halogens is 1. The second-order valence-corrected chi connectivity index (χ2v) is 6.41. The van der Waals surface area contributed by atoms with Crippen LogP contribution in [0.5, 0.6) is 0 Å². The summed E-state index contributed by atoms with van der Waals surface area (Å²) in [7, 11) is 0. The third kappa shape index (κ3) is 4.68. The second kappa shape index (κ2) is 7.95.